The van der Waals surface area contributed by atoms with Gasteiger partial charge in [0.15, 0.2) is 0 Å². The molecular weight excluding hydrogens is 264 g/mol. The van der Waals surface area contributed by atoms with Crippen LogP contribution in [0.25, 0.3) is 0 Å². The standard InChI is InChI=1S/C17H22N2O2/c1-13-5-4-6-15(11-13)14(2)19-16-7-8-17(18-12-16)21-10-9-20-3/h4-8,11-12,14,19H,9-10H2,1-3H3. The molecule has 4 heteroatoms. The molecule has 0 amide bonds. The lowest BCUT2D eigenvalue weighted by Crippen LogP contribution is -2.08. The van der Waals surface area contributed by atoms with Crippen molar-refractivity contribution in [3.63, 3.8) is 0 Å². The summed E-state index contributed by atoms with van der Waals surface area (Å²) in [7, 11) is 1.65. The van der Waals surface area contributed by atoms with Gasteiger partial charge >= 0.3 is 0 Å². The molecule has 1 aromatic carbocycles. The Kier molecular flexibility index (Phi) is 5.58. The number of hydrogen-bond donors (Lipinski definition) is 1. The van der Waals surface area contributed by atoms with Gasteiger partial charge in [-0.3, -0.25) is 0 Å². The van der Waals surface area contributed by atoms with Crippen molar-refractivity contribution in [2.75, 3.05) is 25.6 Å². The number of aromatic nitrogens is 1. The van der Waals surface area contributed by atoms with E-state index in [1.54, 1.807) is 13.3 Å². The van der Waals surface area contributed by atoms with Gasteiger partial charge in [-0.25, -0.2) is 4.98 Å². The molecule has 0 radical (unpaired) electrons. The number of nitrogens with zero attached hydrogens (tertiary/aromatic N) is 1. The van der Waals surface area contributed by atoms with Crippen molar-refractivity contribution >= 4 is 5.69 Å². The maximum atomic E-state index is 5.44. The van der Waals surface area contributed by atoms with Crippen LogP contribution in [0.3, 0.4) is 0 Å². The average Bonchev–Trinajstić information content (AvgIpc) is 2.49. The van der Waals surface area contributed by atoms with E-state index >= 15 is 0 Å². The number of methoxy groups -OCH3 is 1. The maximum Gasteiger partial charge on any atom is 0.213 e. The van der Waals surface area contributed by atoms with Gasteiger partial charge in [-0.1, -0.05) is 29.8 Å². The van der Waals surface area contributed by atoms with Gasteiger partial charge in [0.05, 0.1) is 18.5 Å². The Balaban J connectivity index is 1.93. The molecule has 2 rings (SSSR count). The second kappa shape index (κ2) is 7.64. The highest BCUT2D eigenvalue weighted by atomic mass is 16.5. The summed E-state index contributed by atoms with van der Waals surface area (Å²) in [6.45, 7) is 5.31. The molecular formula is C17H22N2O2. The van der Waals surface area contributed by atoms with Crippen LogP contribution in [0.15, 0.2) is 42.6 Å². The number of ether oxygens (including phenoxy) is 2. The first kappa shape index (κ1) is 15.3. The van der Waals surface area contributed by atoms with Crippen molar-refractivity contribution in [3.8, 4) is 5.88 Å². The van der Waals surface area contributed by atoms with E-state index in [-0.39, 0.29) is 6.04 Å². The summed E-state index contributed by atoms with van der Waals surface area (Å²) in [5, 5.41) is 3.44. The van der Waals surface area contributed by atoms with Crippen LogP contribution in [0, 0.1) is 6.92 Å². The molecule has 0 aliphatic rings. The molecule has 2 aromatic rings. The number of pyridine rings is 1. The lowest BCUT2D eigenvalue weighted by molar-refractivity contribution is 0.144. The first-order valence-electron chi connectivity index (χ1n) is 7.10. The van der Waals surface area contributed by atoms with Crippen molar-refractivity contribution in [2.45, 2.75) is 19.9 Å². The molecule has 0 saturated heterocycles. The average molecular weight is 286 g/mol. The molecule has 0 aliphatic carbocycles. The third kappa shape index (κ3) is 4.76. The number of anilines is 1. The molecule has 0 aliphatic heterocycles. The molecule has 0 bridgehead atoms. The molecule has 0 fully saturated rings. The quantitative estimate of drug-likeness (QED) is 0.790. The summed E-state index contributed by atoms with van der Waals surface area (Å²) in [6.07, 6.45) is 1.79. The molecule has 21 heavy (non-hydrogen) atoms. The SMILES string of the molecule is COCCOc1ccc(NC(C)c2cccc(C)c2)cn1. The maximum absolute atomic E-state index is 5.44. The predicted molar refractivity (Wildman–Crippen MR) is 84.8 cm³/mol. The Labute approximate surface area is 126 Å². The number of benzene rings is 1. The van der Waals surface area contributed by atoms with Crippen LogP contribution in [0.2, 0.25) is 0 Å². The summed E-state index contributed by atoms with van der Waals surface area (Å²) in [6, 6.07) is 12.6. The zero-order valence-electron chi connectivity index (χ0n) is 12.8. The van der Waals surface area contributed by atoms with E-state index in [1.807, 2.05) is 12.1 Å². The lowest BCUT2D eigenvalue weighted by Gasteiger charge is -2.16. The zero-order chi connectivity index (χ0) is 15.1. The minimum Gasteiger partial charge on any atom is -0.475 e. The number of rotatable bonds is 7. The summed E-state index contributed by atoms with van der Waals surface area (Å²) in [4.78, 5) is 4.27. The third-order valence-corrected chi connectivity index (χ3v) is 3.20. The molecule has 0 saturated carbocycles. The fourth-order valence-electron chi connectivity index (χ4n) is 2.05. The van der Waals surface area contributed by atoms with Crippen molar-refractivity contribution < 1.29 is 9.47 Å². The molecule has 0 spiro atoms. The number of hydrogen-bond acceptors (Lipinski definition) is 4. The highest BCUT2D eigenvalue weighted by Crippen LogP contribution is 2.20. The van der Waals surface area contributed by atoms with Crippen molar-refractivity contribution in [3.05, 3.63) is 53.7 Å². The van der Waals surface area contributed by atoms with Gasteiger partial charge in [0.2, 0.25) is 5.88 Å². The third-order valence-electron chi connectivity index (χ3n) is 3.20. The Bertz CT molecular complexity index is 555. The Morgan fingerprint density at radius 2 is 2.05 bits per heavy atom. The normalized spacial score (nSPS) is 12.0. The van der Waals surface area contributed by atoms with E-state index in [0.717, 1.165) is 5.69 Å². The summed E-state index contributed by atoms with van der Waals surface area (Å²) in [5.74, 6) is 0.612. The predicted octanol–water partition coefficient (Wildman–Crippen LogP) is 3.59. The van der Waals surface area contributed by atoms with E-state index in [1.165, 1.54) is 11.1 Å². The van der Waals surface area contributed by atoms with Crippen LogP contribution in [-0.4, -0.2) is 25.3 Å². The summed E-state index contributed by atoms with van der Waals surface area (Å²) in [5.41, 5.74) is 3.50. The molecule has 112 valence electrons. The van der Waals surface area contributed by atoms with Crippen LogP contribution in [0.1, 0.15) is 24.1 Å². The number of aryl methyl sites for hydroxylation is 1. The van der Waals surface area contributed by atoms with E-state index < -0.39 is 0 Å². The topological polar surface area (TPSA) is 43.4 Å². The van der Waals surface area contributed by atoms with Crippen LogP contribution in [-0.2, 0) is 4.74 Å². The van der Waals surface area contributed by atoms with Crippen molar-refractivity contribution in [2.24, 2.45) is 0 Å². The second-order valence-corrected chi connectivity index (χ2v) is 5.01. The molecule has 1 heterocycles. The van der Waals surface area contributed by atoms with Crippen LogP contribution in [0.5, 0.6) is 5.88 Å². The molecule has 1 aromatic heterocycles. The first-order chi connectivity index (χ1) is 10.2. The number of nitrogens with one attached hydrogen (secondary N) is 1. The smallest absolute Gasteiger partial charge is 0.213 e. The van der Waals surface area contributed by atoms with Gasteiger partial charge < -0.3 is 14.8 Å². The highest BCUT2D eigenvalue weighted by Gasteiger charge is 2.06. The Hall–Kier alpha value is -2.07. The van der Waals surface area contributed by atoms with Crippen LogP contribution >= 0.6 is 0 Å². The minimum atomic E-state index is 0.229. The molecule has 1 unspecified atom stereocenters. The van der Waals surface area contributed by atoms with Gasteiger partial charge in [-0.2, -0.15) is 0 Å². The van der Waals surface area contributed by atoms with E-state index in [9.17, 15) is 0 Å². The monoisotopic (exact) mass is 286 g/mol. The molecule has 1 atom stereocenters. The van der Waals surface area contributed by atoms with E-state index in [2.05, 4.69) is 48.4 Å². The molecule has 1 N–H and O–H groups in total. The van der Waals surface area contributed by atoms with Crippen molar-refractivity contribution in [1.29, 1.82) is 0 Å². The van der Waals surface area contributed by atoms with Crippen molar-refractivity contribution in [1.82, 2.24) is 4.98 Å². The van der Waals surface area contributed by atoms with Gasteiger partial charge in [-0.15, -0.1) is 0 Å². The van der Waals surface area contributed by atoms with Crippen LogP contribution < -0.4 is 10.1 Å². The highest BCUT2D eigenvalue weighted by molar-refractivity contribution is 5.44. The lowest BCUT2D eigenvalue weighted by atomic mass is 10.1. The van der Waals surface area contributed by atoms with Gasteiger partial charge in [0.1, 0.15) is 6.61 Å². The Morgan fingerprint density at radius 1 is 1.19 bits per heavy atom. The van der Waals surface area contributed by atoms with E-state index in [0.29, 0.717) is 19.1 Å². The van der Waals surface area contributed by atoms with Gasteiger partial charge in [0, 0.05) is 19.2 Å². The van der Waals surface area contributed by atoms with E-state index in [4.69, 9.17) is 9.47 Å². The van der Waals surface area contributed by atoms with Gasteiger partial charge in [-0.05, 0) is 25.5 Å². The first-order valence-corrected chi connectivity index (χ1v) is 7.10. The fourth-order valence-corrected chi connectivity index (χ4v) is 2.05. The summed E-state index contributed by atoms with van der Waals surface area (Å²) < 4.78 is 10.4. The minimum absolute atomic E-state index is 0.229. The molecule has 4 nitrogen and oxygen atoms in total. The van der Waals surface area contributed by atoms with Gasteiger partial charge in [0.25, 0.3) is 0 Å². The zero-order valence-corrected chi connectivity index (χ0v) is 12.8. The Morgan fingerprint density at radius 3 is 2.71 bits per heavy atom. The second-order valence-electron chi connectivity index (χ2n) is 5.01. The summed E-state index contributed by atoms with van der Waals surface area (Å²) >= 11 is 0. The van der Waals surface area contributed by atoms with Crippen LogP contribution in [0.4, 0.5) is 5.69 Å². The fraction of sp³-hybridized carbons (Fsp3) is 0.353. The largest absolute Gasteiger partial charge is 0.475 e.